The van der Waals surface area contributed by atoms with Crippen molar-refractivity contribution in [3.8, 4) is 11.1 Å². The van der Waals surface area contributed by atoms with Gasteiger partial charge in [-0.3, -0.25) is 28.8 Å². The fraction of sp³-hybridized carbons (Fsp3) is 0.535. The van der Waals surface area contributed by atoms with E-state index in [2.05, 4.69) is 21.3 Å². The van der Waals surface area contributed by atoms with Gasteiger partial charge in [0.2, 0.25) is 17.7 Å². The molecule has 4 amide bonds. The fourth-order valence-corrected chi connectivity index (χ4v) is 7.02. The lowest BCUT2D eigenvalue weighted by molar-refractivity contribution is -0.287. The van der Waals surface area contributed by atoms with Gasteiger partial charge >= 0.3 is 30.0 Å². The molecule has 2 aromatic carbocycles. The second-order valence-electron chi connectivity index (χ2n) is 16.0. The number of carbonyl (C=O) groups excluding carboxylic acids is 8. The number of alkyl carbamates (subject to hydrolysis) is 1. The van der Waals surface area contributed by atoms with Crippen molar-refractivity contribution in [3.63, 3.8) is 0 Å². The Morgan fingerprint density at radius 1 is 0.677 bits per heavy atom. The van der Waals surface area contributed by atoms with Crippen LogP contribution in [-0.4, -0.2) is 121 Å². The molecule has 0 spiro atoms. The number of nitrogens with one attached hydrogen (secondary N) is 4. The van der Waals surface area contributed by atoms with Crippen molar-refractivity contribution in [1.29, 1.82) is 0 Å². The maximum atomic E-state index is 14.1. The van der Waals surface area contributed by atoms with Gasteiger partial charge in [-0.1, -0.05) is 48.5 Å². The second-order valence-corrected chi connectivity index (χ2v) is 16.0. The third-order valence-corrected chi connectivity index (χ3v) is 9.66. The SMILES string of the molecule is CC(=O)N[C@H]1[C@@H](O[C@@H](C)[C@H](NC(=O)OCC2c3ccccc3-c3ccccc32)C(=O)N[C@@H](C)C(=O)N[C@@H](C)C(=O)OC(C)(C)C)O[C@H](COC(C)=O)[C@H](OC(C)=O)[C@@H]1OC(C)=O. The summed E-state index contributed by atoms with van der Waals surface area (Å²) in [7, 11) is 0. The topological polar surface area (TPSA) is 249 Å². The Balaban J connectivity index is 1.63. The van der Waals surface area contributed by atoms with Crippen LogP contribution < -0.4 is 21.3 Å². The molecule has 1 aliphatic heterocycles. The van der Waals surface area contributed by atoms with Gasteiger partial charge in [0.1, 0.15) is 49.1 Å². The number of hydrogen-bond acceptors (Lipinski definition) is 15. The molecule has 0 saturated carbocycles. The van der Waals surface area contributed by atoms with Crippen molar-refractivity contribution in [3.05, 3.63) is 59.7 Å². The Morgan fingerprint density at radius 2 is 1.23 bits per heavy atom. The summed E-state index contributed by atoms with van der Waals surface area (Å²) in [5, 5.41) is 10.1. The van der Waals surface area contributed by atoms with Gasteiger partial charge < -0.3 is 54.4 Å². The summed E-state index contributed by atoms with van der Waals surface area (Å²) in [5.74, 6) is -5.80. The monoisotopic (exact) mass is 868 g/mol. The number of fused-ring (bicyclic) bond motifs is 3. The van der Waals surface area contributed by atoms with E-state index in [4.69, 9.17) is 33.2 Å². The van der Waals surface area contributed by atoms with Gasteiger partial charge in [-0.25, -0.2) is 9.59 Å². The first-order valence-electron chi connectivity index (χ1n) is 20.1. The van der Waals surface area contributed by atoms with Crippen LogP contribution in [0.4, 0.5) is 4.79 Å². The molecule has 4 rings (SSSR count). The molecule has 2 aliphatic rings. The first-order valence-corrected chi connectivity index (χ1v) is 20.1. The molecule has 0 aromatic heterocycles. The summed E-state index contributed by atoms with van der Waals surface area (Å²) >= 11 is 0. The van der Waals surface area contributed by atoms with Gasteiger partial charge in [-0.15, -0.1) is 0 Å². The van der Waals surface area contributed by atoms with Crippen molar-refractivity contribution in [1.82, 2.24) is 21.3 Å². The van der Waals surface area contributed by atoms with Gasteiger partial charge in [0.15, 0.2) is 18.5 Å². The highest BCUT2D eigenvalue weighted by Crippen LogP contribution is 2.44. The molecule has 4 N–H and O–H groups in total. The van der Waals surface area contributed by atoms with E-state index in [0.717, 1.165) is 49.9 Å². The van der Waals surface area contributed by atoms with Gasteiger partial charge in [0.05, 0.1) is 6.10 Å². The second kappa shape index (κ2) is 21.1. The predicted octanol–water partition coefficient (Wildman–Crippen LogP) is 2.31. The van der Waals surface area contributed by atoms with E-state index in [1.807, 2.05) is 48.5 Å². The number of carbonyl (C=O) groups is 8. The smallest absolute Gasteiger partial charge is 0.407 e. The number of ether oxygens (including phenoxy) is 7. The first-order chi connectivity index (χ1) is 29.1. The van der Waals surface area contributed by atoms with Crippen LogP contribution in [0.3, 0.4) is 0 Å². The van der Waals surface area contributed by atoms with E-state index in [1.165, 1.54) is 20.8 Å². The van der Waals surface area contributed by atoms with E-state index >= 15 is 0 Å². The summed E-state index contributed by atoms with van der Waals surface area (Å²) in [6.45, 7) is 12.9. The Hall–Kier alpha value is -6.08. The van der Waals surface area contributed by atoms with E-state index < -0.39 is 115 Å². The molecule has 62 heavy (non-hydrogen) atoms. The van der Waals surface area contributed by atoms with Crippen LogP contribution in [0.5, 0.6) is 0 Å². The van der Waals surface area contributed by atoms with Crippen molar-refractivity contribution in [2.24, 2.45) is 0 Å². The van der Waals surface area contributed by atoms with Gasteiger partial charge in [0.25, 0.3) is 0 Å². The van der Waals surface area contributed by atoms with Crippen molar-refractivity contribution in [2.45, 2.75) is 136 Å². The summed E-state index contributed by atoms with van der Waals surface area (Å²) in [6, 6.07) is 9.94. The quantitative estimate of drug-likeness (QED) is 0.140. The minimum absolute atomic E-state index is 0.124. The summed E-state index contributed by atoms with van der Waals surface area (Å²) in [6.07, 6.45) is -8.31. The molecule has 1 fully saturated rings. The molecule has 0 bridgehead atoms. The highest BCUT2D eigenvalue weighted by molar-refractivity contribution is 5.93. The van der Waals surface area contributed by atoms with Crippen LogP contribution in [0, 0.1) is 0 Å². The van der Waals surface area contributed by atoms with E-state index in [9.17, 15) is 38.4 Å². The molecule has 0 unspecified atom stereocenters. The minimum atomic E-state index is -1.66. The summed E-state index contributed by atoms with van der Waals surface area (Å²) in [5.41, 5.74) is 3.01. The highest BCUT2D eigenvalue weighted by Gasteiger charge is 2.52. The average Bonchev–Trinajstić information content (AvgIpc) is 3.49. The molecule has 338 valence electrons. The fourth-order valence-electron chi connectivity index (χ4n) is 7.02. The van der Waals surface area contributed by atoms with Crippen molar-refractivity contribution in [2.75, 3.05) is 13.2 Å². The van der Waals surface area contributed by atoms with Gasteiger partial charge in [-0.2, -0.15) is 0 Å². The van der Waals surface area contributed by atoms with E-state index in [-0.39, 0.29) is 12.5 Å². The van der Waals surface area contributed by atoms with E-state index in [1.54, 1.807) is 20.8 Å². The lowest BCUT2D eigenvalue weighted by atomic mass is 9.95. The van der Waals surface area contributed by atoms with Crippen molar-refractivity contribution < 1.29 is 71.5 Å². The Kier molecular flexibility index (Phi) is 16.6. The van der Waals surface area contributed by atoms with Crippen LogP contribution in [0.1, 0.15) is 86.3 Å². The Bertz CT molecular complexity index is 1950. The number of rotatable bonds is 16. The molecular formula is C43H56N4O15. The summed E-state index contributed by atoms with van der Waals surface area (Å²) in [4.78, 5) is 103. The normalized spacial score (nSPS) is 21.2. The van der Waals surface area contributed by atoms with Crippen LogP contribution >= 0.6 is 0 Å². The number of hydrogen-bond donors (Lipinski definition) is 4. The molecule has 19 nitrogen and oxygen atoms in total. The average molecular weight is 869 g/mol. The molecule has 19 heteroatoms. The molecule has 1 aliphatic carbocycles. The largest absolute Gasteiger partial charge is 0.463 e. The third-order valence-electron chi connectivity index (χ3n) is 9.66. The number of esters is 4. The van der Waals surface area contributed by atoms with Crippen LogP contribution in [-0.2, 0) is 66.7 Å². The zero-order chi connectivity index (χ0) is 46.1. The zero-order valence-electron chi connectivity index (χ0n) is 36.4. The number of benzene rings is 2. The Morgan fingerprint density at radius 3 is 1.76 bits per heavy atom. The van der Waals surface area contributed by atoms with Crippen LogP contribution in [0.25, 0.3) is 11.1 Å². The Labute approximate surface area is 359 Å². The molecule has 0 radical (unpaired) electrons. The third kappa shape index (κ3) is 13.2. The number of amides is 4. The molecule has 9 atom stereocenters. The van der Waals surface area contributed by atoms with E-state index in [0.29, 0.717) is 0 Å². The molecular weight excluding hydrogens is 812 g/mol. The first kappa shape index (κ1) is 48.6. The minimum Gasteiger partial charge on any atom is -0.463 e. The lowest BCUT2D eigenvalue weighted by Gasteiger charge is -2.45. The predicted molar refractivity (Wildman–Crippen MR) is 218 cm³/mol. The standard InChI is InChI=1S/C43H56N4O15/c1-21(38(52)45-22(2)40(54)62-43(8,9)10)44-39(53)34(47-42(55)57-19-32-30-17-13-11-15-28(30)29-16-12-14-18-31(29)32)23(3)58-41-35(46-24(4)48)37(60-27(7)51)36(59-26(6)50)33(61-41)20-56-25(5)49/h11-18,21-23,32-37,41H,19-20H2,1-10H3,(H,44,53)(H,45,52)(H,46,48)(H,47,55)/t21-,22-,23-,33+,34-,35+,36-,37+,41-/m0/s1. The highest BCUT2D eigenvalue weighted by atomic mass is 16.7. The lowest BCUT2D eigenvalue weighted by Crippen LogP contribution is -2.67. The molecule has 2 aromatic rings. The molecule has 1 heterocycles. The zero-order valence-corrected chi connectivity index (χ0v) is 36.4. The summed E-state index contributed by atoms with van der Waals surface area (Å²) < 4.78 is 39.6. The van der Waals surface area contributed by atoms with Gasteiger partial charge in [-0.05, 0) is 63.8 Å². The maximum absolute atomic E-state index is 14.1. The van der Waals surface area contributed by atoms with Crippen molar-refractivity contribution >= 4 is 47.7 Å². The van der Waals surface area contributed by atoms with Crippen LogP contribution in [0.15, 0.2) is 48.5 Å². The maximum Gasteiger partial charge on any atom is 0.407 e. The van der Waals surface area contributed by atoms with Gasteiger partial charge in [0, 0.05) is 33.6 Å². The van der Waals surface area contributed by atoms with Crippen LogP contribution in [0.2, 0.25) is 0 Å². The molecule has 1 saturated heterocycles.